The summed E-state index contributed by atoms with van der Waals surface area (Å²) in [6.07, 6.45) is 0.510. The summed E-state index contributed by atoms with van der Waals surface area (Å²) < 4.78 is 10.1. The van der Waals surface area contributed by atoms with E-state index in [-0.39, 0.29) is 0 Å². The van der Waals surface area contributed by atoms with Gasteiger partial charge in [0.2, 0.25) is 0 Å². The smallest absolute Gasteiger partial charge is 0.344 e. The summed E-state index contributed by atoms with van der Waals surface area (Å²) in [5.41, 5.74) is 1.14. The molecule has 18 heavy (non-hydrogen) atoms. The van der Waals surface area contributed by atoms with Crippen molar-refractivity contribution in [1.29, 1.82) is 0 Å². The molecule has 0 unspecified atom stereocenters. The minimum absolute atomic E-state index is 0.302. The summed E-state index contributed by atoms with van der Waals surface area (Å²) in [6, 6.07) is 5.08. The lowest BCUT2D eigenvalue weighted by molar-refractivity contribution is 0.0467. The zero-order valence-electron chi connectivity index (χ0n) is 9.07. The lowest BCUT2D eigenvalue weighted by atomic mass is 10.0. The van der Waals surface area contributed by atoms with E-state index in [9.17, 15) is 4.79 Å². The van der Waals surface area contributed by atoms with E-state index in [1.165, 1.54) is 0 Å². The first-order valence-corrected chi connectivity index (χ1v) is 6.04. The molecule has 0 amide bonds. The first-order chi connectivity index (χ1) is 8.68. The Balaban J connectivity index is 2.25. The van der Waals surface area contributed by atoms with Crippen LogP contribution in [0.2, 0.25) is 10.0 Å². The number of carbonyl (C=O) groups excluding carboxylic acids is 1. The number of rotatable bonds is 1. The number of carbonyl (C=O) groups is 1. The lowest BCUT2D eigenvalue weighted by Crippen LogP contribution is -2.16. The molecule has 0 radical (unpaired) electrons. The van der Waals surface area contributed by atoms with Crippen molar-refractivity contribution >= 4 is 29.2 Å². The summed E-state index contributed by atoms with van der Waals surface area (Å²) in [6.45, 7) is 0.302. The maximum Gasteiger partial charge on any atom is 0.344 e. The van der Waals surface area contributed by atoms with Crippen LogP contribution in [-0.4, -0.2) is 17.7 Å². The van der Waals surface area contributed by atoms with Gasteiger partial charge in [-0.3, -0.25) is 0 Å². The Morgan fingerprint density at radius 3 is 2.61 bits per heavy atom. The zero-order valence-corrected chi connectivity index (χ0v) is 10.6. The number of hydrogen-bond acceptors (Lipinski definition) is 4. The van der Waals surface area contributed by atoms with Gasteiger partial charge in [-0.1, -0.05) is 34.4 Å². The van der Waals surface area contributed by atoms with E-state index in [0.29, 0.717) is 45.7 Å². The van der Waals surface area contributed by atoms with Crippen LogP contribution in [0.4, 0.5) is 0 Å². The van der Waals surface area contributed by atoms with Gasteiger partial charge in [-0.15, -0.1) is 0 Å². The Morgan fingerprint density at radius 1 is 1.17 bits per heavy atom. The molecule has 1 aromatic heterocycles. The number of benzene rings is 1. The fourth-order valence-corrected chi connectivity index (χ4v) is 2.48. The molecule has 0 saturated heterocycles. The van der Waals surface area contributed by atoms with Crippen LogP contribution in [0.15, 0.2) is 22.7 Å². The van der Waals surface area contributed by atoms with Crippen molar-refractivity contribution in [3.8, 4) is 11.3 Å². The molecule has 2 aromatic rings. The highest BCUT2D eigenvalue weighted by Gasteiger charge is 2.30. The van der Waals surface area contributed by atoms with E-state index < -0.39 is 5.97 Å². The van der Waals surface area contributed by atoms with Crippen molar-refractivity contribution in [3.05, 3.63) is 39.6 Å². The molecule has 1 aliphatic rings. The number of halogens is 2. The molecule has 0 spiro atoms. The van der Waals surface area contributed by atoms with Gasteiger partial charge in [-0.25, -0.2) is 4.79 Å². The topological polar surface area (TPSA) is 52.3 Å². The highest BCUT2D eigenvalue weighted by atomic mass is 35.5. The summed E-state index contributed by atoms with van der Waals surface area (Å²) >= 11 is 12.2. The largest absolute Gasteiger partial charge is 0.461 e. The molecule has 0 bridgehead atoms. The number of ether oxygens (including phenoxy) is 1. The second-order valence-corrected chi connectivity index (χ2v) is 4.63. The van der Waals surface area contributed by atoms with Crippen molar-refractivity contribution in [1.82, 2.24) is 5.16 Å². The van der Waals surface area contributed by atoms with Crippen LogP contribution in [0.25, 0.3) is 11.3 Å². The molecule has 3 rings (SSSR count). The van der Waals surface area contributed by atoms with Gasteiger partial charge in [-0.05, 0) is 12.1 Å². The van der Waals surface area contributed by atoms with Crippen LogP contribution in [0.3, 0.4) is 0 Å². The van der Waals surface area contributed by atoms with E-state index in [2.05, 4.69) is 5.16 Å². The molecule has 4 nitrogen and oxygen atoms in total. The van der Waals surface area contributed by atoms with Gasteiger partial charge in [-0.2, -0.15) is 0 Å². The number of cyclic esters (lactones) is 1. The highest BCUT2D eigenvalue weighted by Crippen LogP contribution is 2.37. The SMILES string of the molecule is O=C1OCCc2onc(-c3c(Cl)cccc3Cl)c21. The molecule has 1 aliphatic heterocycles. The molecular formula is C12H7Cl2NO3. The third-order valence-electron chi connectivity index (χ3n) is 2.73. The molecular weight excluding hydrogens is 277 g/mol. The fraction of sp³-hybridized carbons (Fsp3) is 0.167. The fourth-order valence-electron chi connectivity index (χ4n) is 1.91. The number of nitrogens with zero attached hydrogens (tertiary/aromatic N) is 1. The molecule has 2 heterocycles. The van der Waals surface area contributed by atoms with Crippen molar-refractivity contribution in [3.63, 3.8) is 0 Å². The van der Waals surface area contributed by atoms with Crippen LogP contribution < -0.4 is 0 Å². The second kappa shape index (κ2) is 4.30. The molecule has 0 fully saturated rings. The first-order valence-electron chi connectivity index (χ1n) is 5.28. The van der Waals surface area contributed by atoms with Crippen molar-refractivity contribution in [2.45, 2.75) is 6.42 Å². The number of hydrogen-bond donors (Lipinski definition) is 0. The van der Waals surface area contributed by atoms with E-state index in [1.54, 1.807) is 18.2 Å². The van der Waals surface area contributed by atoms with E-state index in [4.69, 9.17) is 32.5 Å². The summed E-state index contributed by atoms with van der Waals surface area (Å²) in [5.74, 6) is 0.0562. The Bertz CT molecular complexity index is 616. The average Bonchev–Trinajstić information content (AvgIpc) is 2.74. The summed E-state index contributed by atoms with van der Waals surface area (Å²) in [4.78, 5) is 11.8. The second-order valence-electron chi connectivity index (χ2n) is 3.81. The number of esters is 1. The predicted octanol–water partition coefficient (Wildman–Crippen LogP) is 3.36. The van der Waals surface area contributed by atoms with Crippen LogP contribution in [0.5, 0.6) is 0 Å². The minimum atomic E-state index is -0.455. The van der Waals surface area contributed by atoms with Crippen LogP contribution in [-0.2, 0) is 11.2 Å². The highest BCUT2D eigenvalue weighted by molar-refractivity contribution is 6.39. The molecule has 0 N–H and O–H groups in total. The van der Waals surface area contributed by atoms with E-state index >= 15 is 0 Å². The minimum Gasteiger partial charge on any atom is -0.461 e. The lowest BCUT2D eigenvalue weighted by Gasteiger charge is -2.11. The molecule has 0 atom stereocenters. The van der Waals surface area contributed by atoms with Gasteiger partial charge in [0.25, 0.3) is 0 Å². The van der Waals surface area contributed by atoms with Crippen LogP contribution in [0, 0.1) is 0 Å². The first kappa shape index (κ1) is 11.6. The van der Waals surface area contributed by atoms with Crippen LogP contribution >= 0.6 is 23.2 Å². The van der Waals surface area contributed by atoms with Crippen molar-refractivity contribution in [2.24, 2.45) is 0 Å². The monoisotopic (exact) mass is 283 g/mol. The van der Waals surface area contributed by atoms with Gasteiger partial charge < -0.3 is 9.26 Å². The Labute approximate surface area is 112 Å². The van der Waals surface area contributed by atoms with Gasteiger partial charge in [0.15, 0.2) is 5.76 Å². The normalized spacial score (nSPS) is 14.2. The Hall–Kier alpha value is -1.52. The van der Waals surface area contributed by atoms with E-state index in [0.717, 1.165) is 0 Å². The molecule has 6 heteroatoms. The Morgan fingerprint density at radius 2 is 1.89 bits per heavy atom. The molecule has 92 valence electrons. The number of fused-ring (bicyclic) bond motifs is 1. The van der Waals surface area contributed by atoms with Gasteiger partial charge in [0.05, 0.1) is 16.7 Å². The predicted molar refractivity (Wildman–Crippen MR) is 65.9 cm³/mol. The third kappa shape index (κ3) is 1.69. The number of aromatic nitrogens is 1. The maximum atomic E-state index is 11.8. The third-order valence-corrected chi connectivity index (χ3v) is 3.36. The van der Waals surface area contributed by atoms with Gasteiger partial charge >= 0.3 is 5.97 Å². The maximum absolute atomic E-state index is 11.8. The molecule has 0 saturated carbocycles. The Kier molecular flexibility index (Phi) is 2.76. The van der Waals surface area contributed by atoms with Gasteiger partial charge in [0.1, 0.15) is 11.3 Å². The molecule has 1 aromatic carbocycles. The zero-order chi connectivity index (χ0) is 12.7. The van der Waals surface area contributed by atoms with Gasteiger partial charge in [0, 0.05) is 12.0 Å². The summed E-state index contributed by atoms with van der Waals surface area (Å²) in [5, 5.41) is 4.72. The standard InChI is InChI=1S/C12H7Cl2NO3/c13-6-2-1-3-7(14)9(6)11-10-8(18-15-11)4-5-17-12(10)16/h1-3H,4-5H2. The van der Waals surface area contributed by atoms with E-state index in [1.807, 2.05) is 0 Å². The van der Waals surface area contributed by atoms with Crippen molar-refractivity contribution in [2.75, 3.05) is 6.61 Å². The quantitative estimate of drug-likeness (QED) is 0.753. The average molecular weight is 284 g/mol. The van der Waals surface area contributed by atoms with Crippen LogP contribution in [0.1, 0.15) is 16.1 Å². The van der Waals surface area contributed by atoms with Crippen molar-refractivity contribution < 1.29 is 14.1 Å². The summed E-state index contributed by atoms with van der Waals surface area (Å²) in [7, 11) is 0. The molecule has 0 aliphatic carbocycles.